The number of nitrogens with zero attached hydrogens (tertiary/aromatic N) is 1. The van der Waals surface area contributed by atoms with Crippen molar-refractivity contribution in [2.75, 3.05) is 18.0 Å². The predicted molar refractivity (Wildman–Crippen MR) is 55.5 cm³/mol. The van der Waals surface area contributed by atoms with Crippen LogP contribution in [0.25, 0.3) is 0 Å². The zero-order valence-corrected chi connectivity index (χ0v) is 8.74. The van der Waals surface area contributed by atoms with Crippen LogP contribution in [0.4, 0.5) is 18.9 Å². The lowest BCUT2D eigenvalue weighted by Crippen LogP contribution is -2.36. The summed E-state index contributed by atoms with van der Waals surface area (Å²) in [6.07, 6.45) is -3.10. The average Bonchev–Trinajstić information content (AvgIpc) is 2.00. The molecule has 1 aliphatic rings. The van der Waals surface area contributed by atoms with Crippen molar-refractivity contribution < 1.29 is 13.2 Å². The van der Waals surface area contributed by atoms with E-state index in [9.17, 15) is 13.2 Å². The Kier molecular flexibility index (Phi) is 3.50. The molecule has 0 aliphatic carbocycles. The standard InChI is InChI=1S/C10H10F3N.ClH/c11-10(12,13)8-2-4-9(5-3-8)14-6-1-7-14;/h2-5H,1,6-7H2;1H. The summed E-state index contributed by atoms with van der Waals surface area (Å²) in [5, 5.41) is 0. The van der Waals surface area contributed by atoms with Crippen molar-refractivity contribution in [3.05, 3.63) is 29.8 Å². The fraction of sp³-hybridized carbons (Fsp3) is 0.400. The minimum Gasteiger partial charge on any atom is -0.371 e. The van der Waals surface area contributed by atoms with Crippen LogP contribution in [-0.2, 0) is 6.18 Å². The molecule has 2 rings (SSSR count). The summed E-state index contributed by atoms with van der Waals surface area (Å²) in [6.45, 7) is 1.90. The fourth-order valence-corrected chi connectivity index (χ4v) is 1.44. The molecule has 0 saturated carbocycles. The number of hydrogen-bond donors (Lipinski definition) is 0. The van der Waals surface area contributed by atoms with Gasteiger partial charge >= 0.3 is 6.18 Å². The third-order valence-electron chi connectivity index (χ3n) is 2.42. The molecule has 0 radical (unpaired) electrons. The lowest BCUT2D eigenvalue weighted by atomic mass is 10.1. The third-order valence-corrected chi connectivity index (χ3v) is 2.42. The Labute approximate surface area is 92.3 Å². The predicted octanol–water partition coefficient (Wildman–Crippen LogP) is 3.34. The molecule has 1 heterocycles. The van der Waals surface area contributed by atoms with Gasteiger partial charge in [0.2, 0.25) is 0 Å². The van der Waals surface area contributed by atoms with Gasteiger partial charge in [0.15, 0.2) is 0 Å². The van der Waals surface area contributed by atoms with Crippen LogP contribution in [0.15, 0.2) is 24.3 Å². The molecule has 1 aromatic carbocycles. The fourth-order valence-electron chi connectivity index (χ4n) is 1.44. The van der Waals surface area contributed by atoms with Crippen molar-refractivity contribution in [2.24, 2.45) is 0 Å². The maximum absolute atomic E-state index is 12.2. The molecule has 0 amide bonds. The van der Waals surface area contributed by atoms with Gasteiger partial charge in [-0.1, -0.05) is 0 Å². The van der Waals surface area contributed by atoms with E-state index in [-0.39, 0.29) is 12.4 Å². The molecule has 0 spiro atoms. The summed E-state index contributed by atoms with van der Waals surface area (Å²) in [4.78, 5) is 2.06. The minimum absolute atomic E-state index is 0. The summed E-state index contributed by atoms with van der Waals surface area (Å²) in [6, 6.07) is 5.32. The van der Waals surface area contributed by atoms with Gasteiger partial charge in [-0.2, -0.15) is 13.2 Å². The van der Waals surface area contributed by atoms with Crippen molar-refractivity contribution in [1.82, 2.24) is 0 Å². The Morgan fingerprint density at radius 1 is 1.00 bits per heavy atom. The number of alkyl halides is 3. The average molecular weight is 238 g/mol. The summed E-state index contributed by atoms with van der Waals surface area (Å²) >= 11 is 0. The summed E-state index contributed by atoms with van der Waals surface area (Å²) in [5.74, 6) is 0. The zero-order chi connectivity index (χ0) is 10.2. The van der Waals surface area contributed by atoms with E-state index in [0.29, 0.717) is 0 Å². The molecule has 1 aliphatic heterocycles. The van der Waals surface area contributed by atoms with Gasteiger partial charge in [0.05, 0.1) is 5.56 Å². The lowest BCUT2D eigenvalue weighted by Gasteiger charge is -2.33. The van der Waals surface area contributed by atoms with Gasteiger partial charge in [0.1, 0.15) is 0 Å². The molecule has 15 heavy (non-hydrogen) atoms. The molecule has 0 aromatic heterocycles. The van der Waals surface area contributed by atoms with Crippen LogP contribution in [0, 0.1) is 0 Å². The van der Waals surface area contributed by atoms with E-state index in [1.807, 2.05) is 0 Å². The van der Waals surface area contributed by atoms with Crippen LogP contribution < -0.4 is 4.90 Å². The quantitative estimate of drug-likeness (QED) is 0.724. The highest BCUT2D eigenvalue weighted by Gasteiger charge is 2.30. The lowest BCUT2D eigenvalue weighted by molar-refractivity contribution is -0.137. The van der Waals surface area contributed by atoms with Crippen molar-refractivity contribution >= 4 is 18.1 Å². The Morgan fingerprint density at radius 2 is 1.53 bits per heavy atom. The molecule has 84 valence electrons. The summed E-state index contributed by atoms with van der Waals surface area (Å²) < 4.78 is 36.6. The van der Waals surface area contributed by atoms with Gasteiger partial charge in [-0.25, -0.2) is 0 Å². The minimum atomic E-state index is -4.23. The summed E-state index contributed by atoms with van der Waals surface area (Å²) in [5.41, 5.74) is 0.297. The highest BCUT2D eigenvalue weighted by atomic mass is 35.5. The van der Waals surface area contributed by atoms with Gasteiger partial charge in [0.25, 0.3) is 0 Å². The number of hydrogen-bond acceptors (Lipinski definition) is 1. The van der Waals surface area contributed by atoms with Gasteiger partial charge in [0, 0.05) is 18.8 Å². The van der Waals surface area contributed by atoms with Gasteiger partial charge in [-0.05, 0) is 30.7 Å². The van der Waals surface area contributed by atoms with E-state index >= 15 is 0 Å². The molecule has 0 bridgehead atoms. The van der Waals surface area contributed by atoms with E-state index in [1.165, 1.54) is 12.1 Å². The molecule has 1 aromatic rings. The first-order chi connectivity index (χ1) is 6.57. The first kappa shape index (κ1) is 12.2. The van der Waals surface area contributed by atoms with E-state index < -0.39 is 11.7 Å². The van der Waals surface area contributed by atoms with Crippen LogP contribution in [0.2, 0.25) is 0 Å². The maximum Gasteiger partial charge on any atom is 0.416 e. The van der Waals surface area contributed by atoms with Crippen LogP contribution >= 0.6 is 12.4 Å². The largest absolute Gasteiger partial charge is 0.416 e. The molecule has 1 fully saturated rings. The van der Waals surface area contributed by atoms with Crippen LogP contribution in [0.1, 0.15) is 12.0 Å². The maximum atomic E-state index is 12.2. The molecule has 1 nitrogen and oxygen atoms in total. The Balaban J connectivity index is 0.00000112. The van der Waals surface area contributed by atoms with Crippen molar-refractivity contribution in [3.63, 3.8) is 0 Å². The molecule has 0 unspecified atom stereocenters. The van der Waals surface area contributed by atoms with E-state index in [4.69, 9.17) is 0 Å². The van der Waals surface area contributed by atoms with Gasteiger partial charge in [-0.3, -0.25) is 0 Å². The molecular weight excluding hydrogens is 227 g/mol. The Hall–Kier alpha value is -0.900. The third kappa shape index (κ3) is 2.56. The second-order valence-electron chi connectivity index (χ2n) is 3.39. The van der Waals surface area contributed by atoms with Gasteiger partial charge in [-0.15, -0.1) is 12.4 Å². The topological polar surface area (TPSA) is 3.24 Å². The smallest absolute Gasteiger partial charge is 0.371 e. The van der Waals surface area contributed by atoms with E-state index in [2.05, 4.69) is 4.90 Å². The van der Waals surface area contributed by atoms with Crippen LogP contribution in [-0.4, -0.2) is 13.1 Å². The van der Waals surface area contributed by atoms with E-state index in [0.717, 1.165) is 37.3 Å². The molecule has 0 atom stereocenters. The summed E-state index contributed by atoms with van der Waals surface area (Å²) in [7, 11) is 0. The second-order valence-corrected chi connectivity index (χ2v) is 3.39. The van der Waals surface area contributed by atoms with Crippen LogP contribution in [0.5, 0.6) is 0 Å². The molecular formula is C10H11ClF3N. The van der Waals surface area contributed by atoms with Gasteiger partial charge < -0.3 is 4.90 Å². The first-order valence-electron chi connectivity index (χ1n) is 4.49. The SMILES string of the molecule is Cl.FC(F)(F)c1ccc(N2CCC2)cc1. The second kappa shape index (κ2) is 4.31. The highest BCUT2D eigenvalue weighted by molar-refractivity contribution is 5.85. The molecule has 0 N–H and O–H groups in total. The number of benzene rings is 1. The zero-order valence-electron chi connectivity index (χ0n) is 7.92. The van der Waals surface area contributed by atoms with Crippen molar-refractivity contribution in [1.29, 1.82) is 0 Å². The normalized spacial score (nSPS) is 15.5. The van der Waals surface area contributed by atoms with E-state index in [1.54, 1.807) is 0 Å². The molecule has 1 saturated heterocycles. The number of rotatable bonds is 1. The number of halogens is 4. The molecule has 5 heteroatoms. The van der Waals surface area contributed by atoms with Crippen LogP contribution in [0.3, 0.4) is 0 Å². The highest BCUT2D eigenvalue weighted by Crippen LogP contribution is 2.31. The monoisotopic (exact) mass is 237 g/mol. The Bertz CT molecular complexity index is 316. The first-order valence-corrected chi connectivity index (χ1v) is 4.49. The van der Waals surface area contributed by atoms with Crippen molar-refractivity contribution in [2.45, 2.75) is 12.6 Å². The Morgan fingerprint density at radius 3 is 1.87 bits per heavy atom. The number of anilines is 1. The van der Waals surface area contributed by atoms with Crippen molar-refractivity contribution in [3.8, 4) is 0 Å².